The highest BCUT2D eigenvalue weighted by atomic mass is 35.5. The molecule has 0 fully saturated rings. The van der Waals surface area contributed by atoms with E-state index in [2.05, 4.69) is 4.98 Å². The van der Waals surface area contributed by atoms with Crippen LogP contribution in [-0.2, 0) is 0 Å². The Hall–Kier alpha value is -2.36. The minimum Gasteiger partial charge on any atom is -0.314 e. The molecule has 4 aromatic rings. The Morgan fingerprint density at radius 2 is 1.78 bits per heavy atom. The minimum absolute atomic E-state index is 0. The van der Waals surface area contributed by atoms with Gasteiger partial charge in [-0.15, -0.1) is 12.4 Å². The van der Waals surface area contributed by atoms with Gasteiger partial charge in [0.25, 0.3) is 5.24 Å². The normalized spacial score (nSPS) is 10.7. The van der Waals surface area contributed by atoms with Crippen molar-refractivity contribution >= 4 is 51.1 Å². The molecule has 0 bridgehead atoms. The molecule has 4 rings (SSSR count). The quantitative estimate of drug-likeness (QED) is 0.481. The second kappa shape index (κ2) is 6.03. The zero-order chi connectivity index (χ0) is 15.1. The number of carbonyl (C=O) groups is 1. The summed E-state index contributed by atoms with van der Waals surface area (Å²) in [7, 11) is 0. The number of hydrogen-bond acceptors (Lipinski definition) is 2. The van der Waals surface area contributed by atoms with Crippen LogP contribution in [0.2, 0.25) is 0 Å². The maximum atomic E-state index is 11.7. The molecule has 2 heterocycles. The van der Waals surface area contributed by atoms with E-state index in [0.29, 0.717) is 5.56 Å². The van der Waals surface area contributed by atoms with Crippen LogP contribution >= 0.6 is 24.0 Å². The number of pyridine rings is 1. The predicted octanol–water partition coefficient (Wildman–Crippen LogP) is 4.98. The first-order valence-electron chi connectivity index (χ1n) is 6.90. The largest absolute Gasteiger partial charge is 0.314 e. The third kappa shape index (κ3) is 2.48. The van der Waals surface area contributed by atoms with E-state index in [1.54, 1.807) is 12.4 Å². The van der Waals surface area contributed by atoms with Crippen molar-refractivity contribution in [1.82, 2.24) is 9.55 Å². The summed E-state index contributed by atoms with van der Waals surface area (Å²) in [5, 5.41) is 1.44. The van der Waals surface area contributed by atoms with E-state index in [9.17, 15) is 4.79 Å². The van der Waals surface area contributed by atoms with Crippen molar-refractivity contribution in [3.63, 3.8) is 0 Å². The first-order chi connectivity index (χ1) is 10.8. The molecule has 0 amide bonds. The third-order valence-corrected chi connectivity index (χ3v) is 4.00. The standard InChI is InChI=1S/C18H11ClN2O.ClH/c19-18(22)14-11-21(15-8-2-1-7-13(14)15)16-9-3-5-12-6-4-10-20-17(12)16;/h1-11H;1H. The number of benzene rings is 2. The van der Waals surface area contributed by atoms with Gasteiger partial charge in [0.15, 0.2) is 0 Å². The number of aromatic nitrogens is 2. The molecule has 0 radical (unpaired) electrons. The SMILES string of the molecule is Cl.O=C(Cl)c1cn(-c2cccc3cccnc23)c2ccccc12. The summed E-state index contributed by atoms with van der Waals surface area (Å²) < 4.78 is 1.97. The fourth-order valence-corrected chi connectivity index (χ4v) is 2.97. The number of para-hydroxylation sites is 2. The molecule has 114 valence electrons. The molecular formula is C18H12Cl2N2O. The first kappa shape index (κ1) is 15.5. The summed E-state index contributed by atoms with van der Waals surface area (Å²) in [4.78, 5) is 16.2. The van der Waals surface area contributed by atoms with Crippen molar-refractivity contribution in [2.75, 3.05) is 0 Å². The number of nitrogens with zero attached hydrogens (tertiary/aromatic N) is 2. The smallest absolute Gasteiger partial charge is 0.254 e. The molecule has 0 aliphatic heterocycles. The molecule has 0 aliphatic carbocycles. The Morgan fingerprint density at radius 1 is 1.00 bits per heavy atom. The second-order valence-corrected chi connectivity index (χ2v) is 5.40. The molecule has 2 aromatic heterocycles. The molecule has 23 heavy (non-hydrogen) atoms. The van der Waals surface area contributed by atoms with E-state index in [0.717, 1.165) is 27.5 Å². The van der Waals surface area contributed by atoms with Gasteiger partial charge in [0.1, 0.15) is 0 Å². The zero-order valence-corrected chi connectivity index (χ0v) is 13.5. The van der Waals surface area contributed by atoms with E-state index < -0.39 is 5.24 Å². The molecule has 0 spiro atoms. The van der Waals surface area contributed by atoms with Crippen LogP contribution < -0.4 is 0 Å². The highest BCUT2D eigenvalue weighted by molar-refractivity contribution is 6.68. The van der Waals surface area contributed by atoms with Crippen molar-refractivity contribution in [1.29, 1.82) is 0 Å². The lowest BCUT2D eigenvalue weighted by Crippen LogP contribution is -1.95. The Balaban J connectivity index is 0.00000156. The monoisotopic (exact) mass is 342 g/mol. The van der Waals surface area contributed by atoms with Gasteiger partial charge in [-0.25, -0.2) is 0 Å². The Bertz CT molecular complexity index is 1020. The molecule has 0 aliphatic rings. The number of rotatable bonds is 2. The lowest BCUT2D eigenvalue weighted by atomic mass is 10.2. The summed E-state index contributed by atoms with van der Waals surface area (Å²) in [6.07, 6.45) is 3.55. The molecular weight excluding hydrogens is 331 g/mol. The average Bonchev–Trinajstić information content (AvgIpc) is 2.94. The molecule has 0 N–H and O–H groups in total. The van der Waals surface area contributed by atoms with E-state index in [1.807, 2.05) is 59.2 Å². The van der Waals surface area contributed by atoms with Crippen LogP contribution in [0.1, 0.15) is 10.4 Å². The van der Waals surface area contributed by atoms with Crippen molar-refractivity contribution in [3.8, 4) is 5.69 Å². The van der Waals surface area contributed by atoms with Crippen LogP contribution in [0.3, 0.4) is 0 Å². The maximum Gasteiger partial charge on any atom is 0.254 e. The summed E-state index contributed by atoms with van der Waals surface area (Å²) >= 11 is 5.73. The summed E-state index contributed by atoms with van der Waals surface area (Å²) in [5.41, 5.74) is 3.26. The van der Waals surface area contributed by atoms with Crippen LogP contribution in [-0.4, -0.2) is 14.8 Å². The second-order valence-electron chi connectivity index (χ2n) is 5.06. The van der Waals surface area contributed by atoms with E-state index in [4.69, 9.17) is 11.6 Å². The molecule has 3 nitrogen and oxygen atoms in total. The van der Waals surface area contributed by atoms with Gasteiger partial charge in [-0.2, -0.15) is 0 Å². The molecule has 0 saturated carbocycles. The predicted molar refractivity (Wildman–Crippen MR) is 96.0 cm³/mol. The molecule has 0 unspecified atom stereocenters. The first-order valence-corrected chi connectivity index (χ1v) is 7.27. The van der Waals surface area contributed by atoms with Gasteiger partial charge in [0.05, 0.1) is 22.3 Å². The van der Waals surface area contributed by atoms with E-state index in [-0.39, 0.29) is 12.4 Å². The van der Waals surface area contributed by atoms with Crippen LogP contribution in [0, 0.1) is 0 Å². The highest BCUT2D eigenvalue weighted by Gasteiger charge is 2.15. The van der Waals surface area contributed by atoms with Gasteiger partial charge in [-0.05, 0) is 29.8 Å². The average molecular weight is 343 g/mol. The van der Waals surface area contributed by atoms with Crippen molar-refractivity contribution < 1.29 is 4.79 Å². The summed E-state index contributed by atoms with van der Waals surface area (Å²) in [6, 6.07) is 17.6. The van der Waals surface area contributed by atoms with Gasteiger partial charge in [-0.1, -0.05) is 36.4 Å². The summed E-state index contributed by atoms with van der Waals surface area (Å²) in [6.45, 7) is 0. The van der Waals surface area contributed by atoms with Crippen LogP contribution in [0.5, 0.6) is 0 Å². The van der Waals surface area contributed by atoms with Gasteiger partial charge >= 0.3 is 0 Å². The molecule has 0 saturated heterocycles. The van der Waals surface area contributed by atoms with Gasteiger partial charge in [0.2, 0.25) is 0 Å². The highest BCUT2D eigenvalue weighted by Crippen LogP contribution is 2.28. The van der Waals surface area contributed by atoms with Gasteiger partial charge in [-0.3, -0.25) is 9.78 Å². The fourth-order valence-electron chi connectivity index (χ4n) is 2.82. The summed E-state index contributed by atoms with van der Waals surface area (Å²) in [5.74, 6) is 0. The van der Waals surface area contributed by atoms with E-state index in [1.165, 1.54) is 0 Å². The maximum absolute atomic E-state index is 11.7. The fraction of sp³-hybridized carbons (Fsp3) is 0. The molecule has 5 heteroatoms. The molecule has 2 aromatic carbocycles. The Labute approximate surface area is 143 Å². The van der Waals surface area contributed by atoms with Gasteiger partial charge in [0, 0.05) is 23.2 Å². The Morgan fingerprint density at radius 3 is 2.61 bits per heavy atom. The van der Waals surface area contributed by atoms with E-state index >= 15 is 0 Å². The zero-order valence-electron chi connectivity index (χ0n) is 11.9. The number of hydrogen-bond donors (Lipinski definition) is 0. The van der Waals surface area contributed by atoms with Gasteiger partial charge < -0.3 is 4.57 Å². The van der Waals surface area contributed by atoms with Crippen molar-refractivity contribution in [3.05, 3.63) is 72.6 Å². The number of fused-ring (bicyclic) bond motifs is 2. The molecule has 0 atom stereocenters. The Kier molecular flexibility index (Phi) is 4.07. The lowest BCUT2D eigenvalue weighted by molar-refractivity contribution is 0.108. The minimum atomic E-state index is -0.455. The van der Waals surface area contributed by atoms with Crippen LogP contribution in [0.25, 0.3) is 27.5 Å². The van der Waals surface area contributed by atoms with Crippen LogP contribution in [0.15, 0.2) is 67.0 Å². The lowest BCUT2D eigenvalue weighted by Gasteiger charge is -2.08. The topological polar surface area (TPSA) is 34.9 Å². The van der Waals surface area contributed by atoms with Crippen molar-refractivity contribution in [2.24, 2.45) is 0 Å². The van der Waals surface area contributed by atoms with Crippen molar-refractivity contribution in [2.45, 2.75) is 0 Å². The number of carbonyl (C=O) groups excluding carboxylic acids is 1. The van der Waals surface area contributed by atoms with Crippen LogP contribution in [0.4, 0.5) is 0 Å². The third-order valence-electron chi connectivity index (χ3n) is 3.79. The number of halogens is 2.